The van der Waals surface area contributed by atoms with Gasteiger partial charge >= 0.3 is 0 Å². The normalized spacial score (nSPS) is 10.8. The third-order valence-corrected chi connectivity index (χ3v) is 4.05. The highest BCUT2D eigenvalue weighted by atomic mass is 16.5. The summed E-state index contributed by atoms with van der Waals surface area (Å²) in [6.45, 7) is 1.56. The summed E-state index contributed by atoms with van der Waals surface area (Å²) in [5.74, 6) is 0.0508. The van der Waals surface area contributed by atoms with Gasteiger partial charge in [0.2, 0.25) is 0 Å². The monoisotopic (exact) mass is 329 g/mol. The summed E-state index contributed by atoms with van der Waals surface area (Å²) in [6, 6.07) is 17.3. The molecule has 5 nitrogen and oxygen atoms in total. The molecule has 0 fully saturated rings. The van der Waals surface area contributed by atoms with Crippen molar-refractivity contribution in [3.63, 3.8) is 0 Å². The van der Waals surface area contributed by atoms with Crippen LogP contribution < -0.4 is 0 Å². The average molecular weight is 329 g/mol. The van der Waals surface area contributed by atoms with Crippen LogP contribution in [-0.2, 0) is 0 Å². The van der Waals surface area contributed by atoms with Gasteiger partial charge in [-0.1, -0.05) is 35.5 Å². The minimum absolute atomic E-state index is 0.0508. The maximum Gasteiger partial charge on any atom is 0.159 e. The number of ketones is 1. The lowest BCUT2D eigenvalue weighted by atomic mass is 10.1. The zero-order chi connectivity index (χ0) is 17.2. The molecule has 0 N–H and O–H groups in total. The molecule has 0 atom stereocenters. The molecule has 5 heteroatoms. The topological polar surface area (TPSA) is 60.9 Å². The molecule has 2 heterocycles. The Bertz CT molecular complexity index is 1010. The standard InChI is InChI=1S/C20H15N3O2/c1-14(24)15-7-9-17(10-8-15)23-11-19(21-13-23)18-12-25-22-20(18)16-5-3-2-4-6-16/h2-13H,1H3. The highest BCUT2D eigenvalue weighted by molar-refractivity contribution is 5.94. The van der Waals surface area contributed by atoms with Crippen LogP contribution in [0.5, 0.6) is 0 Å². The molecule has 0 amide bonds. The first kappa shape index (κ1) is 15.1. The van der Waals surface area contributed by atoms with Crippen molar-refractivity contribution in [1.82, 2.24) is 14.7 Å². The predicted molar refractivity (Wildman–Crippen MR) is 94.5 cm³/mol. The molecule has 0 saturated heterocycles. The van der Waals surface area contributed by atoms with Gasteiger partial charge in [-0.15, -0.1) is 0 Å². The number of imidazole rings is 1. The molecule has 4 rings (SSSR count). The van der Waals surface area contributed by atoms with Crippen molar-refractivity contribution < 1.29 is 9.32 Å². The van der Waals surface area contributed by atoms with Crippen LogP contribution in [0.1, 0.15) is 17.3 Å². The SMILES string of the molecule is CC(=O)c1ccc(-n2cnc(-c3conc3-c3ccccc3)c2)cc1. The third kappa shape index (κ3) is 2.87. The number of rotatable bonds is 4. The Kier molecular flexibility index (Phi) is 3.74. The molecule has 0 aliphatic carbocycles. The minimum Gasteiger partial charge on any atom is -0.363 e. The average Bonchev–Trinajstić information content (AvgIpc) is 3.32. The Morgan fingerprint density at radius 3 is 2.52 bits per heavy atom. The summed E-state index contributed by atoms with van der Waals surface area (Å²) >= 11 is 0. The second-order valence-corrected chi connectivity index (χ2v) is 5.71. The summed E-state index contributed by atoms with van der Waals surface area (Å²) in [4.78, 5) is 15.9. The fraction of sp³-hybridized carbons (Fsp3) is 0.0500. The first-order valence-corrected chi connectivity index (χ1v) is 7.88. The number of carbonyl (C=O) groups is 1. The van der Waals surface area contributed by atoms with E-state index in [2.05, 4.69) is 10.1 Å². The molecule has 4 aromatic rings. The van der Waals surface area contributed by atoms with E-state index in [0.29, 0.717) is 5.56 Å². The molecular formula is C20H15N3O2. The van der Waals surface area contributed by atoms with Crippen LogP contribution >= 0.6 is 0 Å². The maximum absolute atomic E-state index is 11.4. The van der Waals surface area contributed by atoms with E-state index in [0.717, 1.165) is 28.2 Å². The van der Waals surface area contributed by atoms with Gasteiger partial charge in [0.15, 0.2) is 5.78 Å². The number of hydrogen-bond donors (Lipinski definition) is 0. The Morgan fingerprint density at radius 2 is 1.80 bits per heavy atom. The van der Waals surface area contributed by atoms with Crippen LogP contribution in [0, 0.1) is 0 Å². The predicted octanol–water partition coefficient (Wildman–Crippen LogP) is 4.40. The van der Waals surface area contributed by atoms with E-state index in [1.165, 1.54) is 0 Å². The Hall–Kier alpha value is -3.47. The van der Waals surface area contributed by atoms with Crippen LogP contribution in [0.25, 0.3) is 28.2 Å². The molecule has 0 saturated carbocycles. The first-order valence-electron chi connectivity index (χ1n) is 7.88. The highest BCUT2D eigenvalue weighted by Crippen LogP contribution is 2.30. The summed E-state index contributed by atoms with van der Waals surface area (Å²) in [5, 5.41) is 4.11. The zero-order valence-electron chi connectivity index (χ0n) is 13.6. The van der Waals surface area contributed by atoms with E-state index in [1.807, 2.05) is 65.4 Å². The van der Waals surface area contributed by atoms with E-state index >= 15 is 0 Å². The quantitative estimate of drug-likeness (QED) is 0.521. The van der Waals surface area contributed by atoms with Crippen molar-refractivity contribution in [2.45, 2.75) is 6.92 Å². The summed E-state index contributed by atoms with van der Waals surface area (Å²) < 4.78 is 7.08. The van der Waals surface area contributed by atoms with Gasteiger partial charge in [-0.05, 0) is 31.2 Å². The lowest BCUT2D eigenvalue weighted by Gasteiger charge is -2.02. The van der Waals surface area contributed by atoms with E-state index in [1.54, 1.807) is 19.5 Å². The second kappa shape index (κ2) is 6.20. The highest BCUT2D eigenvalue weighted by Gasteiger charge is 2.14. The van der Waals surface area contributed by atoms with Gasteiger partial charge in [0.05, 0.1) is 17.6 Å². The van der Waals surface area contributed by atoms with Crippen LogP contribution in [0.2, 0.25) is 0 Å². The molecule has 0 spiro atoms. The third-order valence-electron chi connectivity index (χ3n) is 4.05. The van der Waals surface area contributed by atoms with Gasteiger partial charge in [-0.2, -0.15) is 0 Å². The molecule has 0 aliphatic rings. The van der Waals surface area contributed by atoms with E-state index < -0.39 is 0 Å². The molecule has 0 unspecified atom stereocenters. The van der Waals surface area contributed by atoms with Gasteiger partial charge in [0.25, 0.3) is 0 Å². The zero-order valence-corrected chi connectivity index (χ0v) is 13.6. The maximum atomic E-state index is 11.4. The lowest BCUT2D eigenvalue weighted by molar-refractivity contribution is 0.101. The molecule has 0 bridgehead atoms. The molecule has 2 aromatic heterocycles. The minimum atomic E-state index is 0.0508. The van der Waals surface area contributed by atoms with Crippen LogP contribution in [0.3, 0.4) is 0 Å². The number of aromatic nitrogens is 3. The first-order chi connectivity index (χ1) is 12.2. The van der Waals surface area contributed by atoms with Gasteiger partial charge in [-0.25, -0.2) is 4.98 Å². The van der Waals surface area contributed by atoms with Crippen molar-refractivity contribution in [1.29, 1.82) is 0 Å². The van der Waals surface area contributed by atoms with Crippen molar-refractivity contribution in [2.75, 3.05) is 0 Å². The van der Waals surface area contributed by atoms with Crippen LogP contribution in [0.15, 0.2) is 77.9 Å². The molecule has 0 aliphatic heterocycles. The van der Waals surface area contributed by atoms with Gasteiger partial charge < -0.3 is 9.09 Å². The summed E-state index contributed by atoms with van der Waals surface area (Å²) in [7, 11) is 0. The number of hydrogen-bond acceptors (Lipinski definition) is 4. The number of nitrogens with zero attached hydrogens (tertiary/aromatic N) is 3. The van der Waals surface area contributed by atoms with E-state index in [-0.39, 0.29) is 5.78 Å². The van der Waals surface area contributed by atoms with Crippen molar-refractivity contribution in [3.8, 4) is 28.2 Å². The fourth-order valence-electron chi connectivity index (χ4n) is 2.69. The van der Waals surface area contributed by atoms with Crippen LogP contribution in [-0.4, -0.2) is 20.5 Å². The van der Waals surface area contributed by atoms with Crippen molar-refractivity contribution >= 4 is 5.78 Å². The smallest absolute Gasteiger partial charge is 0.159 e. The van der Waals surface area contributed by atoms with Gasteiger partial charge in [0.1, 0.15) is 12.0 Å². The lowest BCUT2D eigenvalue weighted by Crippen LogP contribution is -1.94. The largest absolute Gasteiger partial charge is 0.363 e. The van der Waals surface area contributed by atoms with E-state index in [4.69, 9.17) is 4.52 Å². The van der Waals surface area contributed by atoms with Gasteiger partial charge in [0, 0.05) is 23.0 Å². The van der Waals surface area contributed by atoms with Crippen molar-refractivity contribution in [2.24, 2.45) is 0 Å². The number of carbonyl (C=O) groups excluding carboxylic acids is 1. The fourth-order valence-corrected chi connectivity index (χ4v) is 2.69. The van der Waals surface area contributed by atoms with Gasteiger partial charge in [-0.3, -0.25) is 4.79 Å². The van der Waals surface area contributed by atoms with Crippen LogP contribution in [0.4, 0.5) is 0 Å². The Labute approximate surface area is 144 Å². The second-order valence-electron chi connectivity index (χ2n) is 5.71. The summed E-state index contributed by atoms with van der Waals surface area (Å²) in [5.41, 5.74) is 4.97. The Morgan fingerprint density at radius 1 is 1.04 bits per heavy atom. The molecule has 25 heavy (non-hydrogen) atoms. The molecular weight excluding hydrogens is 314 g/mol. The van der Waals surface area contributed by atoms with E-state index in [9.17, 15) is 4.79 Å². The number of Topliss-reactive ketones (excluding diaryl/α,β-unsaturated/α-hetero) is 1. The Balaban J connectivity index is 1.69. The molecule has 2 aromatic carbocycles. The molecule has 0 radical (unpaired) electrons. The molecule has 122 valence electrons. The van der Waals surface area contributed by atoms with Crippen molar-refractivity contribution in [3.05, 3.63) is 78.9 Å². The number of benzene rings is 2. The summed E-state index contributed by atoms with van der Waals surface area (Å²) in [6.07, 6.45) is 5.26.